The molecule has 20 heavy (non-hydrogen) atoms. The van der Waals surface area contributed by atoms with Gasteiger partial charge in [0, 0.05) is 17.6 Å². The second kappa shape index (κ2) is 7.04. The minimum atomic E-state index is -1.18. The Labute approximate surface area is 116 Å². The van der Waals surface area contributed by atoms with Crippen molar-refractivity contribution in [2.75, 3.05) is 20.8 Å². The Balaban J connectivity index is 3.29. The van der Waals surface area contributed by atoms with E-state index in [2.05, 4.69) is 16.6 Å². The topological polar surface area (TPSA) is 82.1 Å². The van der Waals surface area contributed by atoms with Gasteiger partial charge >= 0.3 is 11.9 Å². The molecular formula is C14H14O6. The molecule has 0 bridgehead atoms. The van der Waals surface area contributed by atoms with E-state index in [9.17, 15) is 9.59 Å². The van der Waals surface area contributed by atoms with Gasteiger partial charge in [-0.2, -0.15) is 0 Å². The Hall–Kier alpha value is -2.68. The van der Waals surface area contributed by atoms with Crippen molar-refractivity contribution >= 4 is 11.9 Å². The van der Waals surface area contributed by atoms with Gasteiger partial charge in [-0.1, -0.05) is 5.92 Å². The number of ether oxygens (including phenoxy) is 3. The first-order valence-corrected chi connectivity index (χ1v) is 5.71. The smallest absolute Gasteiger partial charge is 0.384 e. The average molecular weight is 278 g/mol. The van der Waals surface area contributed by atoms with E-state index in [-0.39, 0.29) is 23.5 Å². The molecule has 0 aliphatic heterocycles. The van der Waals surface area contributed by atoms with Crippen LogP contribution in [0.1, 0.15) is 22.8 Å². The van der Waals surface area contributed by atoms with Crippen LogP contribution in [0, 0.1) is 11.8 Å². The molecule has 0 fully saturated rings. The molecule has 0 aliphatic rings. The van der Waals surface area contributed by atoms with Crippen molar-refractivity contribution in [3.63, 3.8) is 0 Å². The minimum absolute atomic E-state index is 0.0838. The number of carboxylic acid groups (broad SMARTS) is 1. The van der Waals surface area contributed by atoms with Gasteiger partial charge in [-0.15, -0.1) is 0 Å². The highest BCUT2D eigenvalue weighted by molar-refractivity contribution is 5.94. The highest BCUT2D eigenvalue weighted by Crippen LogP contribution is 2.30. The van der Waals surface area contributed by atoms with E-state index >= 15 is 0 Å². The van der Waals surface area contributed by atoms with Crippen LogP contribution in [0.25, 0.3) is 0 Å². The first-order chi connectivity index (χ1) is 9.53. The first-order valence-electron chi connectivity index (χ1n) is 5.71. The number of hydrogen-bond acceptors (Lipinski definition) is 5. The number of aromatic carboxylic acids is 1. The molecule has 1 rings (SSSR count). The summed E-state index contributed by atoms with van der Waals surface area (Å²) in [7, 11) is 2.81. The van der Waals surface area contributed by atoms with Crippen LogP contribution < -0.4 is 9.47 Å². The monoisotopic (exact) mass is 278 g/mol. The molecule has 0 radical (unpaired) electrons. The van der Waals surface area contributed by atoms with Crippen LogP contribution in [-0.4, -0.2) is 37.9 Å². The fourth-order valence-electron chi connectivity index (χ4n) is 1.44. The number of esters is 1. The molecule has 0 aromatic heterocycles. The van der Waals surface area contributed by atoms with Crippen molar-refractivity contribution in [3.05, 3.63) is 23.3 Å². The molecule has 106 valence electrons. The summed E-state index contributed by atoms with van der Waals surface area (Å²) < 4.78 is 14.7. The van der Waals surface area contributed by atoms with E-state index in [1.165, 1.54) is 26.4 Å². The zero-order chi connectivity index (χ0) is 15.1. The van der Waals surface area contributed by atoms with E-state index in [4.69, 9.17) is 14.6 Å². The van der Waals surface area contributed by atoms with Gasteiger partial charge in [0.25, 0.3) is 0 Å². The maximum Gasteiger partial charge on any atom is 0.384 e. The standard InChI is InChI=1S/C14H14O6/c1-4-20-13(15)6-5-9-7-11(18-2)12(19-3)8-10(9)14(16)17/h7-8H,4H2,1-3H3,(H,16,17). The summed E-state index contributed by atoms with van der Waals surface area (Å²) in [6.45, 7) is 1.85. The number of carbonyl (C=O) groups is 2. The van der Waals surface area contributed by atoms with Gasteiger partial charge in [0.2, 0.25) is 0 Å². The van der Waals surface area contributed by atoms with Crippen LogP contribution in [0.5, 0.6) is 11.5 Å². The molecule has 0 heterocycles. The van der Waals surface area contributed by atoms with Crippen LogP contribution in [0.15, 0.2) is 12.1 Å². The lowest BCUT2D eigenvalue weighted by atomic mass is 10.1. The maximum atomic E-state index is 11.2. The van der Waals surface area contributed by atoms with Crippen molar-refractivity contribution in [2.45, 2.75) is 6.92 Å². The van der Waals surface area contributed by atoms with Gasteiger partial charge in [-0.3, -0.25) is 0 Å². The molecule has 0 saturated carbocycles. The largest absolute Gasteiger partial charge is 0.493 e. The van der Waals surface area contributed by atoms with Gasteiger partial charge in [0.05, 0.1) is 26.4 Å². The summed E-state index contributed by atoms with van der Waals surface area (Å²) in [6.07, 6.45) is 0. The number of benzene rings is 1. The van der Waals surface area contributed by atoms with Crippen molar-refractivity contribution in [1.29, 1.82) is 0 Å². The highest BCUT2D eigenvalue weighted by atomic mass is 16.5. The second-order valence-electron chi connectivity index (χ2n) is 3.53. The van der Waals surface area contributed by atoms with Crippen molar-refractivity contribution in [3.8, 4) is 23.3 Å². The average Bonchev–Trinajstić information content (AvgIpc) is 2.44. The molecule has 1 aromatic rings. The van der Waals surface area contributed by atoms with Crippen LogP contribution in [0.3, 0.4) is 0 Å². The predicted molar refractivity (Wildman–Crippen MR) is 70.0 cm³/mol. The van der Waals surface area contributed by atoms with Gasteiger partial charge in [-0.05, 0) is 13.0 Å². The van der Waals surface area contributed by atoms with Gasteiger partial charge in [0.15, 0.2) is 11.5 Å². The Kier molecular flexibility index (Phi) is 5.42. The lowest BCUT2D eigenvalue weighted by Gasteiger charge is -2.09. The van der Waals surface area contributed by atoms with Gasteiger partial charge in [0.1, 0.15) is 0 Å². The molecule has 1 N–H and O–H groups in total. The van der Waals surface area contributed by atoms with Crippen LogP contribution in [-0.2, 0) is 9.53 Å². The van der Waals surface area contributed by atoms with E-state index in [1.807, 2.05) is 0 Å². The Bertz CT molecular complexity index is 579. The third-order valence-corrected chi connectivity index (χ3v) is 2.33. The molecule has 1 aromatic carbocycles. The summed E-state index contributed by atoms with van der Waals surface area (Å²) in [4.78, 5) is 22.4. The second-order valence-corrected chi connectivity index (χ2v) is 3.53. The third kappa shape index (κ3) is 3.65. The summed E-state index contributed by atoms with van der Waals surface area (Å²) in [6, 6.07) is 2.69. The third-order valence-electron chi connectivity index (χ3n) is 2.33. The fraction of sp³-hybridized carbons (Fsp3) is 0.286. The zero-order valence-corrected chi connectivity index (χ0v) is 11.4. The number of carbonyl (C=O) groups excluding carboxylic acids is 1. The van der Waals surface area contributed by atoms with Crippen LogP contribution in [0.2, 0.25) is 0 Å². The summed E-state index contributed by atoms with van der Waals surface area (Å²) >= 11 is 0. The number of hydrogen-bond donors (Lipinski definition) is 1. The van der Waals surface area contributed by atoms with Crippen LogP contribution >= 0.6 is 0 Å². The predicted octanol–water partition coefficient (Wildman–Crippen LogP) is 1.32. The summed E-state index contributed by atoms with van der Waals surface area (Å²) in [5, 5.41) is 9.14. The summed E-state index contributed by atoms with van der Waals surface area (Å²) in [5.74, 6) is 3.37. The number of methoxy groups -OCH3 is 2. The number of rotatable bonds is 4. The molecule has 0 saturated heterocycles. The van der Waals surface area contributed by atoms with Crippen LogP contribution in [0.4, 0.5) is 0 Å². The lowest BCUT2D eigenvalue weighted by Crippen LogP contribution is -2.04. The maximum absolute atomic E-state index is 11.2. The Morgan fingerprint density at radius 1 is 1.20 bits per heavy atom. The molecule has 6 nitrogen and oxygen atoms in total. The molecule has 0 aliphatic carbocycles. The molecule has 0 amide bonds. The van der Waals surface area contributed by atoms with Gasteiger partial charge < -0.3 is 19.3 Å². The SMILES string of the molecule is CCOC(=O)C#Cc1cc(OC)c(OC)cc1C(=O)O. The lowest BCUT2D eigenvalue weighted by molar-refractivity contribution is -0.136. The normalized spacial score (nSPS) is 9.15. The first kappa shape index (κ1) is 15.4. The molecule has 6 heteroatoms. The highest BCUT2D eigenvalue weighted by Gasteiger charge is 2.15. The fourth-order valence-corrected chi connectivity index (χ4v) is 1.44. The van der Waals surface area contributed by atoms with Gasteiger partial charge in [-0.25, -0.2) is 9.59 Å². The Morgan fingerprint density at radius 2 is 1.80 bits per heavy atom. The quantitative estimate of drug-likeness (QED) is 0.660. The summed E-state index contributed by atoms with van der Waals surface area (Å²) in [5.41, 5.74) is 0.0580. The van der Waals surface area contributed by atoms with E-state index in [0.717, 1.165) is 0 Å². The van der Waals surface area contributed by atoms with E-state index < -0.39 is 11.9 Å². The molecule has 0 spiro atoms. The van der Waals surface area contributed by atoms with Crippen molar-refractivity contribution in [2.24, 2.45) is 0 Å². The number of carboxylic acids is 1. The van der Waals surface area contributed by atoms with E-state index in [0.29, 0.717) is 5.75 Å². The minimum Gasteiger partial charge on any atom is -0.493 e. The molecular weight excluding hydrogens is 264 g/mol. The Morgan fingerprint density at radius 3 is 2.30 bits per heavy atom. The molecule has 0 unspecified atom stereocenters. The van der Waals surface area contributed by atoms with E-state index in [1.54, 1.807) is 6.92 Å². The van der Waals surface area contributed by atoms with Crippen molar-refractivity contribution in [1.82, 2.24) is 0 Å². The molecule has 0 atom stereocenters. The van der Waals surface area contributed by atoms with Crippen molar-refractivity contribution < 1.29 is 28.9 Å². The zero-order valence-electron chi connectivity index (χ0n) is 11.4.